The molecule has 116 valence electrons. The van der Waals surface area contributed by atoms with E-state index in [4.69, 9.17) is 16.7 Å². The predicted octanol–water partition coefficient (Wildman–Crippen LogP) is 3.77. The number of rotatable bonds is 5. The molecule has 2 aromatic carbocycles. The van der Waals surface area contributed by atoms with Gasteiger partial charge in [-0.2, -0.15) is 0 Å². The van der Waals surface area contributed by atoms with Gasteiger partial charge in [-0.15, -0.1) is 0 Å². The van der Waals surface area contributed by atoms with Gasteiger partial charge < -0.3 is 10.0 Å². The van der Waals surface area contributed by atoms with E-state index in [1.165, 1.54) is 0 Å². The molecule has 0 aliphatic rings. The van der Waals surface area contributed by atoms with E-state index in [9.17, 15) is 4.79 Å². The molecule has 0 aliphatic heterocycles. The summed E-state index contributed by atoms with van der Waals surface area (Å²) in [5.41, 5.74) is 3.73. The van der Waals surface area contributed by atoms with Crippen LogP contribution in [-0.2, 0) is 0 Å². The molecule has 0 spiro atoms. The smallest absolute Gasteiger partial charge is 0.253 e. The lowest BCUT2D eigenvalue weighted by Gasteiger charge is -2.17. The summed E-state index contributed by atoms with van der Waals surface area (Å²) in [6.07, 6.45) is 0.582. The van der Waals surface area contributed by atoms with Gasteiger partial charge >= 0.3 is 0 Å². The van der Waals surface area contributed by atoms with E-state index in [-0.39, 0.29) is 12.5 Å². The number of halogens is 1. The Bertz CT molecular complexity index is 632. The molecule has 1 N–H and O–H groups in total. The van der Waals surface area contributed by atoms with E-state index in [1.54, 1.807) is 11.9 Å². The highest BCUT2D eigenvalue weighted by molar-refractivity contribution is 6.33. The quantitative estimate of drug-likeness (QED) is 0.912. The van der Waals surface area contributed by atoms with Crippen LogP contribution < -0.4 is 0 Å². The summed E-state index contributed by atoms with van der Waals surface area (Å²) in [6, 6.07) is 13.3. The summed E-state index contributed by atoms with van der Waals surface area (Å²) >= 11 is 6.28. The average molecular weight is 318 g/mol. The molecule has 0 atom stereocenters. The van der Waals surface area contributed by atoms with E-state index in [0.717, 1.165) is 16.7 Å². The maximum atomic E-state index is 12.3. The summed E-state index contributed by atoms with van der Waals surface area (Å²) < 4.78 is 0. The largest absolute Gasteiger partial charge is 0.396 e. The van der Waals surface area contributed by atoms with Gasteiger partial charge in [-0.25, -0.2) is 0 Å². The Morgan fingerprint density at radius 3 is 2.45 bits per heavy atom. The minimum atomic E-state index is -0.0455. The third kappa shape index (κ3) is 3.67. The highest BCUT2D eigenvalue weighted by atomic mass is 35.5. The van der Waals surface area contributed by atoms with E-state index in [2.05, 4.69) is 0 Å². The number of nitrogens with zero attached hydrogens (tertiary/aromatic N) is 1. The van der Waals surface area contributed by atoms with Crippen molar-refractivity contribution in [2.75, 3.05) is 20.2 Å². The van der Waals surface area contributed by atoms with Gasteiger partial charge in [0.1, 0.15) is 0 Å². The van der Waals surface area contributed by atoms with Crippen LogP contribution in [-0.4, -0.2) is 36.1 Å². The molecule has 0 saturated carbocycles. The molecule has 22 heavy (non-hydrogen) atoms. The van der Waals surface area contributed by atoms with Crippen LogP contribution in [0.15, 0.2) is 42.5 Å². The van der Waals surface area contributed by atoms with Crippen LogP contribution in [0.5, 0.6) is 0 Å². The Labute approximate surface area is 136 Å². The fourth-order valence-electron chi connectivity index (χ4n) is 2.41. The van der Waals surface area contributed by atoms with E-state index in [0.29, 0.717) is 23.6 Å². The first-order valence-electron chi connectivity index (χ1n) is 7.26. The maximum absolute atomic E-state index is 12.3. The van der Waals surface area contributed by atoms with Crippen LogP contribution in [0.4, 0.5) is 0 Å². The van der Waals surface area contributed by atoms with Crippen molar-refractivity contribution in [1.82, 2.24) is 4.90 Å². The molecule has 0 aromatic heterocycles. The van der Waals surface area contributed by atoms with Crippen molar-refractivity contribution >= 4 is 17.5 Å². The summed E-state index contributed by atoms with van der Waals surface area (Å²) in [7, 11) is 1.74. The molecule has 0 bridgehead atoms. The number of aliphatic hydroxyl groups is 1. The number of amides is 1. The van der Waals surface area contributed by atoms with Gasteiger partial charge in [-0.1, -0.05) is 35.9 Å². The predicted molar refractivity (Wildman–Crippen MR) is 90.3 cm³/mol. The second kappa shape index (κ2) is 7.43. The number of hydrogen-bond donors (Lipinski definition) is 1. The highest BCUT2D eigenvalue weighted by Crippen LogP contribution is 2.31. The third-order valence-electron chi connectivity index (χ3n) is 3.64. The van der Waals surface area contributed by atoms with Gasteiger partial charge in [0.2, 0.25) is 0 Å². The number of carbonyl (C=O) groups excluding carboxylic acids is 1. The van der Waals surface area contributed by atoms with E-state index in [1.807, 2.05) is 49.4 Å². The molecule has 4 heteroatoms. The minimum absolute atomic E-state index is 0.0455. The lowest BCUT2D eigenvalue weighted by Crippen LogP contribution is -2.28. The lowest BCUT2D eigenvalue weighted by atomic mass is 9.99. The zero-order valence-electron chi connectivity index (χ0n) is 12.8. The topological polar surface area (TPSA) is 40.5 Å². The van der Waals surface area contributed by atoms with E-state index < -0.39 is 0 Å². The van der Waals surface area contributed by atoms with Gasteiger partial charge in [0.05, 0.1) is 0 Å². The monoisotopic (exact) mass is 317 g/mol. The zero-order chi connectivity index (χ0) is 16.1. The molecular formula is C18H20ClNO2. The standard InChI is InChI=1S/C18H20ClNO2/c1-13-5-3-6-16(19)17(13)14-7-9-15(10-8-14)18(22)20(2)11-4-12-21/h3,5-10,21H,4,11-12H2,1-2H3. The number of aryl methyl sites for hydroxylation is 1. The molecule has 0 fully saturated rings. The van der Waals surface area contributed by atoms with Gasteiger partial charge in [-0.05, 0) is 42.7 Å². The minimum Gasteiger partial charge on any atom is -0.396 e. The molecule has 2 rings (SSSR count). The third-order valence-corrected chi connectivity index (χ3v) is 3.96. The van der Waals surface area contributed by atoms with Crippen molar-refractivity contribution in [2.24, 2.45) is 0 Å². The fourth-order valence-corrected chi connectivity index (χ4v) is 2.74. The maximum Gasteiger partial charge on any atom is 0.253 e. The first-order valence-corrected chi connectivity index (χ1v) is 7.64. The highest BCUT2D eigenvalue weighted by Gasteiger charge is 2.12. The van der Waals surface area contributed by atoms with Crippen molar-refractivity contribution in [3.8, 4) is 11.1 Å². The molecule has 1 amide bonds. The molecule has 2 aromatic rings. The summed E-state index contributed by atoms with van der Waals surface area (Å²) in [6.45, 7) is 2.64. The Morgan fingerprint density at radius 1 is 1.18 bits per heavy atom. The number of carbonyl (C=O) groups is 1. The second-order valence-electron chi connectivity index (χ2n) is 5.31. The van der Waals surface area contributed by atoms with Gasteiger partial charge in [-0.3, -0.25) is 4.79 Å². The van der Waals surface area contributed by atoms with Crippen LogP contribution in [0.3, 0.4) is 0 Å². The molecule has 0 heterocycles. The molecule has 0 aliphatic carbocycles. The van der Waals surface area contributed by atoms with Crippen molar-refractivity contribution in [3.05, 3.63) is 58.6 Å². The lowest BCUT2D eigenvalue weighted by molar-refractivity contribution is 0.0786. The fraction of sp³-hybridized carbons (Fsp3) is 0.278. The number of benzene rings is 2. The summed E-state index contributed by atoms with van der Waals surface area (Å²) in [5.74, 6) is -0.0455. The Hall–Kier alpha value is -1.84. The number of hydrogen-bond acceptors (Lipinski definition) is 2. The molecular weight excluding hydrogens is 298 g/mol. The van der Waals surface area contributed by atoms with Crippen LogP contribution in [0.1, 0.15) is 22.3 Å². The molecule has 3 nitrogen and oxygen atoms in total. The zero-order valence-corrected chi connectivity index (χ0v) is 13.6. The van der Waals surface area contributed by atoms with Crippen LogP contribution >= 0.6 is 11.6 Å². The molecule has 0 radical (unpaired) electrons. The van der Waals surface area contributed by atoms with Crippen molar-refractivity contribution in [2.45, 2.75) is 13.3 Å². The average Bonchev–Trinajstić information content (AvgIpc) is 2.52. The first kappa shape index (κ1) is 16.5. The van der Waals surface area contributed by atoms with Gasteiger partial charge in [0.15, 0.2) is 0 Å². The van der Waals surface area contributed by atoms with Crippen molar-refractivity contribution in [3.63, 3.8) is 0 Å². The summed E-state index contributed by atoms with van der Waals surface area (Å²) in [5, 5.41) is 9.54. The van der Waals surface area contributed by atoms with Crippen LogP contribution in [0.2, 0.25) is 5.02 Å². The summed E-state index contributed by atoms with van der Waals surface area (Å²) in [4.78, 5) is 13.9. The Balaban J connectivity index is 2.22. The van der Waals surface area contributed by atoms with Crippen LogP contribution in [0, 0.1) is 6.92 Å². The van der Waals surface area contributed by atoms with Crippen molar-refractivity contribution in [1.29, 1.82) is 0 Å². The van der Waals surface area contributed by atoms with E-state index >= 15 is 0 Å². The Kier molecular flexibility index (Phi) is 5.58. The second-order valence-corrected chi connectivity index (χ2v) is 5.72. The van der Waals surface area contributed by atoms with Crippen molar-refractivity contribution < 1.29 is 9.90 Å². The normalized spacial score (nSPS) is 10.5. The van der Waals surface area contributed by atoms with Gasteiger partial charge in [0.25, 0.3) is 5.91 Å². The van der Waals surface area contributed by atoms with Gasteiger partial charge in [0, 0.05) is 36.3 Å². The molecule has 0 unspecified atom stereocenters. The first-order chi connectivity index (χ1) is 10.5. The Morgan fingerprint density at radius 2 is 1.86 bits per heavy atom. The SMILES string of the molecule is Cc1cccc(Cl)c1-c1ccc(C(=O)N(C)CCCO)cc1. The van der Waals surface area contributed by atoms with Crippen LogP contribution in [0.25, 0.3) is 11.1 Å². The molecule has 0 saturated heterocycles. The number of aliphatic hydroxyl groups excluding tert-OH is 1.